The molecule has 0 saturated heterocycles. The summed E-state index contributed by atoms with van der Waals surface area (Å²) in [7, 11) is 0. The zero-order chi connectivity index (χ0) is 20.0. The van der Waals surface area contributed by atoms with Crippen molar-refractivity contribution in [2.75, 3.05) is 4.90 Å². The van der Waals surface area contributed by atoms with E-state index in [-0.39, 0.29) is 5.96 Å². The van der Waals surface area contributed by atoms with E-state index in [1.54, 1.807) is 12.1 Å². The summed E-state index contributed by atoms with van der Waals surface area (Å²) in [4.78, 5) is 15.6. The normalized spacial score (nSPS) is 18.7. The maximum atomic E-state index is 6.34. The van der Waals surface area contributed by atoms with Gasteiger partial charge in [0.2, 0.25) is 17.8 Å². The molecule has 2 aromatic carbocycles. The number of hydrogen-bond donors (Lipinski definition) is 2. The van der Waals surface area contributed by atoms with Gasteiger partial charge in [-0.15, -0.1) is 0 Å². The van der Waals surface area contributed by atoms with Gasteiger partial charge < -0.3 is 15.9 Å². The molecule has 1 aliphatic heterocycles. The SMILES string of the molecule is NC1=NC2(CCCCC2)N(c2cccc(-c3nc4cc(Cl)ccc4o3)c2)C(N)=N1. The topological polar surface area (TPSA) is 106 Å². The second kappa shape index (κ2) is 6.77. The summed E-state index contributed by atoms with van der Waals surface area (Å²) >= 11 is 6.07. The van der Waals surface area contributed by atoms with Crippen molar-refractivity contribution in [1.82, 2.24) is 4.98 Å². The lowest BCUT2D eigenvalue weighted by Gasteiger charge is -2.45. The number of aromatic nitrogens is 1. The fraction of sp³-hybridized carbons (Fsp3) is 0.286. The number of fused-ring (bicyclic) bond motifs is 1. The van der Waals surface area contributed by atoms with Gasteiger partial charge in [-0.25, -0.2) is 9.98 Å². The Morgan fingerprint density at radius 1 is 1.03 bits per heavy atom. The van der Waals surface area contributed by atoms with Gasteiger partial charge in [0.05, 0.1) is 0 Å². The van der Waals surface area contributed by atoms with Crippen molar-refractivity contribution in [3.8, 4) is 11.5 Å². The van der Waals surface area contributed by atoms with Crippen molar-refractivity contribution in [2.45, 2.75) is 37.8 Å². The lowest BCUT2D eigenvalue weighted by molar-refractivity contribution is 0.305. The molecule has 1 saturated carbocycles. The van der Waals surface area contributed by atoms with E-state index in [1.165, 1.54) is 6.42 Å². The number of anilines is 1. The number of nitrogens with two attached hydrogens (primary N) is 2. The number of guanidine groups is 2. The molecule has 4 N–H and O–H groups in total. The number of benzene rings is 2. The minimum Gasteiger partial charge on any atom is -0.436 e. The van der Waals surface area contributed by atoms with Crippen molar-refractivity contribution >= 4 is 40.3 Å². The average Bonchev–Trinajstić information content (AvgIpc) is 3.11. The van der Waals surface area contributed by atoms with Crippen LogP contribution < -0.4 is 16.4 Å². The van der Waals surface area contributed by atoms with E-state index >= 15 is 0 Å². The Bertz CT molecular complexity index is 1150. The highest BCUT2D eigenvalue weighted by Crippen LogP contribution is 2.40. The number of oxazole rings is 1. The standard InChI is InChI=1S/C21H21ClN6O/c22-14-7-8-17-16(12-14)25-18(29-17)13-5-4-6-15(11-13)28-20(24)26-19(23)27-21(28)9-2-1-3-10-21/h4-8,11-12H,1-3,9-10H2,(H4,23,24,26,27). The molecule has 0 unspecified atom stereocenters. The molecule has 1 aliphatic carbocycles. The van der Waals surface area contributed by atoms with Crippen LogP contribution in [0.1, 0.15) is 32.1 Å². The Morgan fingerprint density at radius 3 is 2.69 bits per heavy atom. The van der Waals surface area contributed by atoms with Gasteiger partial charge in [0.25, 0.3) is 0 Å². The summed E-state index contributed by atoms with van der Waals surface area (Å²) in [6.45, 7) is 0. The predicted octanol–water partition coefficient (Wildman–Crippen LogP) is 4.26. The molecule has 1 spiro atoms. The summed E-state index contributed by atoms with van der Waals surface area (Å²) in [5.74, 6) is 1.13. The molecule has 8 heteroatoms. The van der Waals surface area contributed by atoms with Crippen LogP contribution in [0.5, 0.6) is 0 Å². The van der Waals surface area contributed by atoms with Crippen molar-refractivity contribution in [2.24, 2.45) is 21.5 Å². The maximum Gasteiger partial charge on any atom is 0.227 e. The molecule has 3 aromatic rings. The van der Waals surface area contributed by atoms with E-state index in [0.29, 0.717) is 22.5 Å². The first-order valence-corrected chi connectivity index (χ1v) is 10.1. The third-order valence-electron chi connectivity index (χ3n) is 5.55. The molecular formula is C21H21ClN6O. The van der Waals surface area contributed by atoms with Gasteiger partial charge in [0, 0.05) is 16.3 Å². The summed E-state index contributed by atoms with van der Waals surface area (Å²) in [5.41, 5.74) is 15.0. The molecule has 2 heterocycles. The summed E-state index contributed by atoms with van der Waals surface area (Å²) in [5, 5.41) is 0.623. The average molecular weight is 409 g/mol. The quantitative estimate of drug-likeness (QED) is 0.658. The lowest BCUT2D eigenvalue weighted by atomic mass is 9.87. The number of hydrogen-bond acceptors (Lipinski definition) is 7. The van der Waals surface area contributed by atoms with Crippen molar-refractivity contribution < 1.29 is 4.42 Å². The van der Waals surface area contributed by atoms with Gasteiger partial charge in [0.1, 0.15) is 11.2 Å². The second-order valence-corrected chi connectivity index (χ2v) is 7.94. The number of rotatable bonds is 2. The molecule has 148 valence electrons. The van der Waals surface area contributed by atoms with Crippen molar-refractivity contribution in [3.63, 3.8) is 0 Å². The monoisotopic (exact) mass is 408 g/mol. The molecule has 1 aromatic heterocycles. The molecule has 0 radical (unpaired) electrons. The summed E-state index contributed by atoms with van der Waals surface area (Å²) in [6.07, 6.45) is 5.11. The minimum absolute atomic E-state index is 0.243. The zero-order valence-corrected chi connectivity index (χ0v) is 16.6. The van der Waals surface area contributed by atoms with Crippen LogP contribution in [-0.2, 0) is 0 Å². The van der Waals surface area contributed by atoms with Gasteiger partial charge >= 0.3 is 0 Å². The highest BCUT2D eigenvalue weighted by atomic mass is 35.5. The zero-order valence-electron chi connectivity index (χ0n) is 15.8. The maximum absolute atomic E-state index is 6.34. The first kappa shape index (κ1) is 18.0. The van der Waals surface area contributed by atoms with Gasteiger partial charge in [-0.3, -0.25) is 4.90 Å². The molecular weight excluding hydrogens is 388 g/mol. The van der Waals surface area contributed by atoms with E-state index < -0.39 is 5.66 Å². The van der Waals surface area contributed by atoms with Crippen LogP contribution in [0.4, 0.5) is 5.69 Å². The van der Waals surface area contributed by atoms with E-state index in [0.717, 1.165) is 42.5 Å². The van der Waals surface area contributed by atoms with Gasteiger partial charge in [-0.05, 0) is 62.1 Å². The fourth-order valence-corrected chi connectivity index (χ4v) is 4.46. The van der Waals surface area contributed by atoms with Crippen LogP contribution in [0.3, 0.4) is 0 Å². The van der Waals surface area contributed by atoms with Crippen LogP contribution >= 0.6 is 11.6 Å². The van der Waals surface area contributed by atoms with Crippen LogP contribution in [0, 0.1) is 0 Å². The van der Waals surface area contributed by atoms with Crippen LogP contribution in [0.15, 0.2) is 56.9 Å². The number of nitrogens with zero attached hydrogens (tertiary/aromatic N) is 4. The van der Waals surface area contributed by atoms with Gasteiger partial charge in [0.15, 0.2) is 5.58 Å². The first-order chi connectivity index (χ1) is 14.0. The number of aliphatic imine (C=N–C) groups is 2. The molecule has 0 atom stereocenters. The second-order valence-electron chi connectivity index (χ2n) is 7.50. The Morgan fingerprint density at radius 2 is 1.86 bits per heavy atom. The minimum atomic E-state index is -0.485. The first-order valence-electron chi connectivity index (χ1n) is 9.70. The van der Waals surface area contributed by atoms with Gasteiger partial charge in [-0.2, -0.15) is 4.99 Å². The predicted molar refractivity (Wildman–Crippen MR) is 116 cm³/mol. The van der Waals surface area contributed by atoms with Crippen LogP contribution in [0.2, 0.25) is 5.02 Å². The van der Waals surface area contributed by atoms with Gasteiger partial charge in [-0.1, -0.05) is 24.1 Å². The highest BCUT2D eigenvalue weighted by Gasteiger charge is 2.42. The molecule has 29 heavy (non-hydrogen) atoms. The van der Waals surface area contributed by atoms with Crippen molar-refractivity contribution in [1.29, 1.82) is 0 Å². The van der Waals surface area contributed by atoms with Crippen LogP contribution in [-0.4, -0.2) is 22.6 Å². The Hall–Kier alpha value is -3.06. The lowest BCUT2D eigenvalue weighted by Crippen LogP contribution is -2.58. The van der Waals surface area contributed by atoms with E-state index in [2.05, 4.69) is 9.98 Å². The van der Waals surface area contributed by atoms with Crippen LogP contribution in [0.25, 0.3) is 22.6 Å². The Balaban J connectivity index is 1.58. The molecule has 7 nitrogen and oxygen atoms in total. The molecule has 5 rings (SSSR count). The smallest absolute Gasteiger partial charge is 0.227 e. The van der Waals surface area contributed by atoms with E-state index in [4.69, 9.17) is 32.5 Å². The highest BCUT2D eigenvalue weighted by molar-refractivity contribution is 6.31. The summed E-state index contributed by atoms with van der Waals surface area (Å²) < 4.78 is 5.93. The number of halogens is 1. The Kier molecular flexibility index (Phi) is 4.20. The fourth-order valence-electron chi connectivity index (χ4n) is 4.30. The largest absolute Gasteiger partial charge is 0.436 e. The van der Waals surface area contributed by atoms with E-state index in [9.17, 15) is 0 Å². The molecule has 2 aliphatic rings. The third-order valence-corrected chi connectivity index (χ3v) is 5.79. The molecule has 0 bridgehead atoms. The summed E-state index contributed by atoms with van der Waals surface area (Å²) in [6, 6.07) is 13.3. The third kappa shape index (κ3) is 3.11. The molecule has 1 fully saturated rings. The van der Waals surface area contributed by atoms with E-state index in [1.807, 2.05) is 35.2 Å². The molecule has 0 amide bonds. The van der Waals surface area contributed by atoms with Crippen molar-refractivity contribution in [3.05, 3.63) is 47.5 Å². The Labute approximate surface area is 173 Å².